The van der Waals surface area contributed by atoms with Gasteiger partial charge in [-0.3, -0.25) is 4.98 Å². The van der Waals surface area contributed by atoms with Gasteiger partial charge in [-0.1, -0.05) is 0 Å². The molecule has 5 heteroatoms. The van der Waals surface area contributed by atoms with E-state index in [0.717, 1.165) is 17.2 Å². The highest BCUT2D eigenvalue weighted by Crippen LogP contribution is 2.06. The molecular formula is C10H11N5. The summed E-state index contributed by atoms with van der Waals surface area (Å²) in [5.41, 5.74) is 6.96. The first-order valence-electron chi connectivity index (χ1n) is 4.52. The summed E-state index contributed by atoms with van der Waals surface area (Å²) in [7, 11) is 0. The predicted molar refractivity (Wildman–Crippen MR) is 57.1 cm³/mol. The van der Waals surface area contributed by atoms with Crippen LogP contribution in [0, 0.1) is 6.92 Å². The van der Waals surface area contributed by atoms with Crippen LogP contribution in [0.4, 0.5) is 0 Å². The van der Waals surface area contributed by atoms with Crippen LogP contribution in [0.1, 0.15) is 11.5 Å². The monoisotopic (exact) mass is 201 g/mol. The molecule has 2 rings (SSSR count). The largest absolute Gasteiger partial charge is 0.405 e. The third kappa shape index (κ3) is 2.01. The van der Waals surface area contributed by atoms with E-state index in [1.165, 1.54) is 6.20 Å². The minimum absolute atomic E-state index is 0.737. The van der Waals surface area contributed by atoms with Crippen molar-refractivity contribution in [3.05, 3.63) is 42.4 Å². The molecule has 2 heterocycles. The quantitative estimate of drug-likeness (QED) is 0.783. The van der Waals surface area contributed by atoms with E-state index in [1.54, 1.807) is 23.3 Å². The lowest BCUT2D eigenvalue weighted by Gasteiger charge is -1.99. The molecule has 0 fully saturated rings. The molecule has 0 saturated carbocycles. The Bertz CT molecular complexity index is 469. The Balaban J connectivity index is 2.31. The van der Waals surface area contributed by atoms with Crippen LogP contribution in [-0.2, 0) is 0 Å². The fraction of sp³-hybridized carbons (Fsp3) is 0.100. The van der Waals surface area contributed by atoms with Crippen molar-refractivity contribution >= 4 is 6.08 Å². The van der Waals surface area contributed by atoms with Gasteiger partial charge in [0, 0.05) is 0 Å². The summed E-state index contributed by atoms with van der Waals surface area (Å²) in [6.45, 7) is 1.84. The van der Waals surface area contributed by atoms with Gasteiger partial charge >= 0.3 is 0 Å². The molecule has 0 amide bonds. The first kappa shape index (κ1) is 9.39. The smallest absolute Gasteiger partial charge is 0.147 e. The summed E-state index contributed by atoms with van der Waals surface area (Å²) in [5, 5.41) is 4.18. The Kier molecular flexibility index (Phi) is 2.45. The highest BCUT2D eigenvalue weighted by molar-refractivity contribution is 5.45. The van der Waals surface area contributed by atoms with Crippen LogP contribution < -0.4 is 5.73 Å². The second-order valence-corrected chi connectivity index (χ2v) is 3.04. The highest BCUT2D eigenvalue weighted by Gasteiger charge is 1.98. The topological polar surface area (TPSA) is 69.6 Å². The van der Waals surface area contributed by atoms with Gasteiger partial charge in [-0.15, -0.1) is 0 Å². The summed E-state index contributed by atoms with van der Waals surface area (Å²) in [5.74, 6) is 0.737. The Morgan fingerprint density at radius 2 is 2.20 bits per heavy atom. The molecule has 0 saturated heterocycles. The second kappa shape index (κ2) is 3.91. The first-order chi connectivity index (χ1) is 7.29. The normalized spacial score (nSPS) is 11.0. The van der Waals surface area contributed by atoms with Gasteiger partial charge in [-0.2, -0.15) is 5.10 Å². The molecule has 0 aliphatic carbocycles. The van der Waals surface area contributed by atoms with Crippen molar-refractivity contribution in [3.63, 3.8) is 0 Å². The molecule has 0 unspecified atom stereocenters. The van der Waals surface area contributed by atoms with Crippen LogP contribution in [0.25, 0.3) is 11.8 Å². The maximum Gasteiger partial charge on any atom is 0.147 e. The molecule has 0 atom stereocenters. The van der Waals surface area contributed by atoms with E-state index >= 15 is 0 Å². The molecule has 0 aromatic carbocycles. The number of aromatic nitrogens is 4. The number of nitrogens with two attached hydrogens (primary N) is 1. The third-order valence-electron chi connectivity index (χ3n) is 1.91. The zero-order chi connectivity index (χ0) is 10.7. The third-order valence-corrected chi connectivity index (χ3v) is 1.91. The average molecular weight is 201 g/mol. The molecule has 2 N–H and O–H groups in total. The lowest BCUT2D eigenvalue weighted by molar-refractivity contribution is 0.856. The Morgan fingerprint density at radius 3 is 2.73 bits per heavy atom. The molecule has 0 aliphatic rings. The van der Waals surface area contributed by atoms with Crippen LogP contribution in [0.3, 0.4) is 0 Å². The fourth-order valence-electron chi connectivity index (χ4n) is 1.20. The van der Waals surface area contributed by atoms with E-state index in [9.17, 15) is 0 Å². The van der Waals surface area contributed by atoms with Crippen LogP contribution >= 0.6 is 0 Å². The fourth-order valence-corrected chi connectivity index (χ4v) is 1.20. The van der Waals surface area contributed by atoms with Gasteiger partial charge in [-0.25, -0.2) is 9.67 Å². The summed E-state index contributed by atoms with van der Waals surface area (Å²) >= 11 is 0. The number of hydrogen-bond acceptors (Lipinski definition) is 4. The van der Waals surface area contributed by atoms with Gasteiger partial charge in [0.15, 0.2) is 0 Å². The van der Waals surface area contributed by atoms with E-state index in [0.29, 0.717) is 0 Å². The molecule has 0 spiro atoms. The summed E-state index contributed by atoms with van der Waals surface area (Å²) in [4.78, 5) is 8.24. The Hall–Kier alpha value is -2.17. The standard InChI is InChI=1S/C10H11N5/c1-8-13-7-15(14-8)10-3-2-9(4-5-11)12-6-10/h2-7H,11H2,1H3. The maximum atomic E-state index is 5.26. The first-order valence-corrected chi connectivity index (χ1v) is 4.52. The second-order valence-electron chi connectivity index (χ2n) is 3.04. The zero-order valence-electron chi connectivity index (χ0n) is 8.33. The van der Waals surface area contributed by atoms with Crippen LogP contribution in [-0.4, -0.2) is 19.7 Å². The molecule has 0 radical (unpaired) electrons. The van der Waals surface area contributed by atoms with Crippen LogP contribution in [0.15, 0.2) is 30.9 Å². The van der Waals surface area contributed by atoms with E-state index in [-0.39, 0.29) is 0 Å². The van der Waals surface area contributed by atoms with E-state index in [1.807, 2.05) is 19.1 Å². The van der Waals surface area contributed by atoms with Crippen molar-refractivity contribution in [2.45, 2.75) is 6.92 Å². The predicted octanol–water partition coefficient (Wildman–Crippen LogP) is 0.900. The summed E-state index contributed by atoms with van der Waals surface area (Å²) in [6.07, 6.45) is 6.58. The van der Waals surface area contributed by atoms with Crippen LogP contribution in [0.2, 0.25) is 0 Å². The molecule has 15 heavy (non-hydrogen) atoms. The van der Waals surface area contributed by atoms with Gasteiger partial charge in [-0.05, 0) is 31.3 Å². The molecular weight excluding hydrogens is 190 g/mol. The van der Waals surface area contributed by atoms with E-state index in [4.69, 9.17) is 5.73 Å². The Morgan fingerprint density at radius 1 is 1.33 bits per heavy atom. The lowest BCUT2D eigenvalue weighted by atomic mass is 10.3. The molecule has 2 aromatic rings. The molecule has 2 aromatic heterocycles. The number of nitrogens with zero attached hydrogens (tertiary/aromatic N) is 4. The van der Waals surface area contributed by atoms with Crippen molar-refractivity contribution in [3.8, 4) is 5.69 Å². The molecule has 0 aliphatic heterocycles. The van der Waals surface area contributed by atoms with Crippen molar-refractivity contribution in [2.24, 2.45) is 5.73 Å². The van der Waals surface area contributed by atoms with Gasteiger partial charge in [0.05, 0.1) is 17.6 Å². The number of aryl methyl sites for hydroxylation is 1. The summed E-state index contributed by atoms with van der Waals surface area (Å²) < 4.78 is 1.68. The van der Waals surface area contributed by atoms with E-state index in [2.05, 4.69) is 15.1 Å². The number of hydrogen-bond donors (Lipinski definition) is 1. The van der Waals surface area contributed by atoms with E-state index < -0.39 is 0 Å². The molecule has 0 bridgehead atoms. The number of pyridine rings is 1. The van der Waals surface area contributed by atoms with Crippen molar-refractivity contribution in [1.82, 2.24) is 19.7 Å². The minimum Gasteiger partial charge on any atom is -0.405 e. The summed E-state index contributed by atoms with van der Waals surface area (Å²) in [6, 6.07) is 3.78. The molecule has 76 valence electrons. The van der Waals surface area contributed by atoms with Crippen molar-refractivity contribution in [2.75, 3.05) is 0 Å². The van der Waals surface area contributed by atoms with Gasteiger partial charge in [0.1, 0.15) is 12.2 Å². The zero-order valence-corrected chi connectivity index (χ0v) is 8.33. The maximum absolute atomic E-state index is 5.26. The minimum atomic E-state index is 0.737. The van der Waals surface area contributed by atoms with Crippen molar-refractivity contribution in [1.29, 1.82) is 0 Å². The van der Waals surface area contributed by atoms with Gasteiger partial charge in [0.2, 0.25) is 0 Å². The highest BCUT2D eigenvalue weighted by atomic mass is 15.3. The number of rotatable bonds is 2. The Labute approximate surface area is 87.3 Å². The van der Waals surface area contributed by atoms with Gasteiger partial charge < -0.3 is 5.73 Å². The SMILES string of the molecule is Cc1ncn(-c2ccc(C=CN)nc2)n1. The van der Waals surface area contributed by atoms with Crippen molar-refractivity contribution < 1.29 is 0 Å². The average Bonchev–Trinajstić information content (AvgIpc) is 2.67. The lowest BCUT2D eigenvalue weighted by Crippen LogP contribution is -1.96. The van der Waals surface area contributed by atoms with Crippen LogP contribution in [0.5, 0.6) is 0 Å². The molecule has 5 nitrogen and oxygen atoms in total. The van der Waals surface area contributed by atoms with Gasteiger partial charge in [0.25, 0.3) is 0 Å².